The number of hydrogen-bond acceptors (Lipinski definition) is 3. The Labute approximate surface area is 145 Å². The van der Waals surface area contributed by atoms with Gasteiger partial charge in [0.05, 0.1) is 13.2 Å². The number of nitrogens with zero attached hydrogens (tertiary/aromatic N) is 3. The maximum Gasteiger partial charge on any atom is 0.320 e. The SMILES string of the molecule is Cc1cc(C)c(CN2CCN(C(=O)N3CCOCC3)CC2)c(C)c1. The molecule has 2 fully saturated rings. The van der Waals surface area contributed by atoms with E-state index in [1.54, 1.807) is 0 Å². The van der Waals surface area contributed by atoms with Crippen LogP contribution in [0.3, 0.4) is 0 Å². The van der Waals surface area contributed by atoms with E-state index in [0.29, 0.717) is 13.2 Å². The predicted octanol–water partition coefficient (Wildman–Crippen LogP) is 2.18. The van der Waals surface area contributed by atoms with Crippen LogP contribution in [-0.4, -0.2) is 73.2 Å². The van der Waals surface area contributed by atoms with Crippen LogP contribution in [0.1, 0.15) is 22.3 Å². The molecule has 1 aromatic carbocycles. The molecule has 5 heteroatoms. The van der Waals surface area contributed by atoms with Crippen LogP contribution in [0.4, 0.5) is 4.79 Å². The molecule has 0 N–H and O–H groups in total. The molecule has 2 saturated heterocycles. The van der Waals surface area contributed by atoms with E-state index in [-0.39, 0.29) is 6.03 Å². The standard InChI is InChI=1S/C19H29N3O2/c1-15-12-16(2)18(17(3)13-15)14-20-4-6-21(7-5-20)19(23)22-8-10-24-11-9-22/h12-13H,4-11,14H2,1-3H3. The molecule has 2 aliphatic heterocycles. The van der Waals surface area contributed by atoms with Crippen molar-refractivity contribution in [1.29, 1.82) is 0 Å². The largest absolute Gasteiger partial charge is 0.378 e. The fraction of sp³-hybridized carbons (Fsp3) is 0.632. The lowest BCUT2D eigenvalue weighted by Gasteiger charge is -2.38. The molecule has 0 radical (unpaired) electrons. The summed E-state index contributed by atoms with van der Waals surface area (Å²) in [7, 11) is 0. The smallest absolute Gasteiger partial charge is 0.320 e. The highest BCUT2D eigenvalue weighted by Crippen LogP contribution is 2.19. The van der Waals surface area contributed by atoms with Gasteiger partial charge in [0.2, 0.25) is 0 Å². The van der Waals surface area contributed by atoms with Crippen molar-refractivity contribution in [3.05, 3.63) is 34.4 Å². The summed E-state index contributed by atoms with van der Waals surface area (Å²) >= 11 is 0. The van der Waals surface area contributed by atoms with Crippen molar-refractivity contribution < 1.29 is 9.53 Å². The molecular formula is C19H29N3O2. The van der Waals surface area contributed by atoms with Crippen LogP contribution < -0.4 is 0 Å². The Kier molecular flexibility index (Phi) is 5.41. The van der Waals surface area contributed by atoms with Gasteiger partial charge in [-0.2, -0.15) is 0 Å². The lowest BCUT2D eigenvalue weighted by Crippen LogP contribution is -2.54. The van der Waals surface area contributed by atoms with Crippen LogP contribution in [0.15, 0.2) is 12.1 Å². The fourth-order valence-electron chi connectivity index (χ4n) is 3.73. The van der Waals surface area contributed by atoms with Crippen molar-refractivity contribution in [3.63, 3.8) is 0 Å². The Morgan fingerprint density at radius 1 is 0.917 bits per heavy atom. The highest BCUT2D eigenvalue weighted by Gasteiger charge is 2.26. The van der Waals surface area contributed by atoms with E-state index < -0.39 is 0 Å². The molecule has 0 aromatic heterocycles. The number of rotatable bonds is 2. The number of amides is 2. The van der Waals surface area contributed by atoms with Gasteiger partial charge in [0, 0.05) is 45.8 Å². The highest BCUT2D eigenvalue weighted by atomic mass is 16.5. The van der Waals surface area contributed by atoms with Gasteiger partial charge < -0.3 is 14.5 Å². The monoisotopic (exact) mass is 331 g/mol. The maximum absolute atomic E-state index is 12.5. The molecule has 0 bridgehead atoms. The second-order valence-electron chi connectivity index (χ2n) is 7.02. The first kappa shape index (κ1) is 17.2. The number of piperazine rings is 1. The van der Waals surface area contributed by atoms with Gasteiger partial charge in [0.1, 0.15) is 0 Å². The van der Waals surface area contributed by atoms with E-state index >= 15 is 0 Å². The Hall–Kier alpha value is -1.59. The van der Waals surface area contributed by atoms with E-state index in [1.165, 1.54) is 22.3 Å². The zero-order valence-corrected chi connectivity index (χ0v) is 15.2. The zero-order valence-electron chi connectivity index (χ0n) is 15.2. The Morgan fingerprint density at radius 2 is 1.46 bits per heavy atom. The van der Waals surface area contributed by atoms with Crippen LogP contribution in [0, 0.1) is 20.8 Å². The number of hydrogen-bond donors (Lipinski definition) is 0. The fourth-order valence-corrected chi connectivity index (χ4v) is 3.73. The highest BCUT2D eigenvalue weighted by molar-refractivity contribution is 5.74. The zero-order chi connectivity index (χ0) is 17.1. The van der Waals surface area contributed by atoms with Gasteiger partial charge in [-0.1, -0.05) is 17.7 Å². The van der Waals surface area contributed by atoms with E-state index in [1.807, 2.05) is 9.80 Å². The third-order valence-electron chi connectivity index (χ3n) is 5.15. The number of morpholine rings is 1. The molecule has 24 heavy (non-hydrogen) atoms. The minimum atomic E-state index is 0.181. The average Bonchev–Trinajstić information content (AvgIpc) is 2.59. The summed E-state index contributed by atoms with van der Waals surface area (Å²) in [5.74, 6) is 0. The number of carbonyl (C=O) groups excluding carboxylic acids is 1. The number of ether oxygens (including phenoxy) is 1. The first-order chi connectivity index (χ1) is 11.5. The van der Waals surface area contributed by atoms with Gasteiger partial charge in [0.15, 0.2) is 0 Å². The van der Waals surface area contributed by atoms with Crippen LogP contribution in [0.5, 0.6) is 0 Å². The quantitative estimate of drug-likeness (QED) is 0.833. The predicted molar refractivity (Wildman–Crippen MR) is 95.3 cm³/mol. The molecule has 5 nitrogen and oxygen atoms in total. The number of carbonyl (C=O) groups is 1. The second kappa shape index (κ2) is 7.53. The average molecular weight is 331 g/mol. The second-order valence-corrected chi connectivity index (χ2v) is 7.02. The van der Waals surface area contributed by atoms with Crippen molar-refractivity contribution >= 4 is 6.03 Å². The van der Waals surface area contributed by atoms with E-state index in [2.05, 4.69) is 37.8 Å². The molecular weight excluding hydrogens is 302 g/mol. The summed E-state index contributed by atoms with van der Waals surface area (Å²) in [5, 5.41) is 0. The Balaban J connectivity index is 1.55. The van der Waals surface area contributed by atoms with E-state index in [0.717, 1.165) is 45.8 Å². The third-order valence-corrected chi connectivity index (χ3v) is 5.15. The summed E-state index contributed by atoms with van der Waals surface area (Å²) in [6, 6.07) is 4.71. The summed E-state index contributed by atoms with van der Waals surface area (Å²) in [6.45, 7) is 13.8. The summed E-state index contributed by atoms with van der Waals surface area (Å²) in [4.78, 5) is 18.9. The molecule has 0 aliphatic carbocycles. The number of urea groups is 1. The lowest BCUT2D eigenvalue weighted by molar-refractivity contribution is 0.0373. The summed E-state index contributed by atoms with van der Waals surface area (Å²) in [6.07, 6.45) is 0. The van der Waals surface area contributed by atoms with Crippen molar-refractivity contribution in [3.8, 4) is 0 Å². The van der Waals surface area contributed by atoms with Gasteiger partial charge in [-0.25, -0.2) is 4.79 Å². The molecule has 2 aliphatic rings. The van der Waals surface area contributed by atoms with Crippen molar-refractivity contribution in [2.75, 3.05) is 52.5 Å². The van der Waals surface area contributed by atoms with Crippen LogP contribution in [-0.2, 0) is 11.3 Å². The summed E-state index contributed by atoms with van der Waals surface area (Å²) < 4.78 is 5.33. The molecule has 2 heterocycles. The van der Waals surface area contributed by atoms with Crippen molar-refractivity contribution in [2.45, 2.75) is 27.3 Å². The summed E-state index contributed by atoms with van der Waals surface area (Å²) in [5.41, 5.74) is 5.52. The van der Waals surface area contributed by atoms with Gasteiger partial charge in [-0.05, 0) is 37.5 Å². The van der Waals surface area contributed by atoms with Gasteiger partial charge in [-0.3, -0.25) is 4.90 Å². The minimum Gasteiger partial charge on any atom is -0.378 e. The molecule has 2 amide bonds. The van der Waals surface area contributed by atoms with Gasteiger partial charge >= 0.3 is 6.03 Å². The lowest BCUT2D eigenvalue weighted by atomic mass is 9.99. The van der Waals surface area contributed by atoms with E-state index in [4.69, 9.17) is 4.74 Å². The maximum atomic E-state index is 12.5. The Bertz CT molecular complexity index is 565. The van der Waals surface area contributed by atoms with Crippen LogP contribution >= 0.6 is 0 Å². The molecule has 0 spiro atoms. The first-order valence-electron chi connectivity index (χ1n) is 8.95. The number of benzene rings is 1. The molecule has 132 valence electrons. The molecule has 0 atom stereocenters. The Morgan fingerprint density at radius 3 is 2.04 bits per heavy atom. The van der Waals surface area contributed by atoms with E-state index in [9.17, 15) is 4.79 Å². The molecule has 1 aromatic rings. The van der Waals surface area contributed by atoms with Gasteiger partial charge in [0.25, 0.3) is 0 Å². The normalized spacial score (nSPS) is 19.6. The molecule has 0 saturated carbocycles. The molecule has 0 unspecified atom stereocenters. The van der Waals surface area contributed by atoms with Crippen molar-refractivity contribution in [2.24, 2.45) is 0 Å². The number of aryl methyl sites for hydroxylation is 3. The van der Waals surface area contributed by atoms with Crippen LogP contribution in [0.2, 0.25) is 0 Å². The van der Waals surface area contributed by atoms with Crippen molar-refractivity contribution in [1.82, 2.24) is 14.7 Å². The minimum absolute atomic E-state index is 0.181. The van der Waals surface area contributed by atoms with Crippen LogP contribution in [0.25, 0.3) is 0 Å². The van der Waals surface area contributed by atoms with Gasteiger partial charge in [-0.15, -0.1) is 0 Å². The molecule has 3 rings (SSSR count). The first-order valence-corrected chi connectivity index (χ1v) is 8.95. The third kappa shape index (κ3) is 3.90. The topological polar surface area (TPSA) is 36.0 Å².